The Morgan fingerprint density at radius 1 is 1.14 bits per heavy atom. The molecule has 4 nitrogen and oxygen atoms in total. The highest BCUT2D eigenvalue weighted by molar-refractivity contribution is 5.29. The summed E-state index contributed by atoms with van der Waals surface area (Å²) < 4.78 is 5.55. The van der Waals surface area contributed by atoms with Gasteiger partial charge in [0.25, 0.3) is 0 Å². The van der Waals surface area contributed by atoms with Crippen molar-refractivity contribution in [2.24, 2.45) is 0 Å². The van der Waals surface area contributed by atoms with Gasteiger partial charge in [0.05, 0.1) is 25.0 Å². The first kappa shape index (κ1) is 15.2. The van der Waals surface area contributed by atoms with Crippen molar-refractivity contribution in [3.8, 4) is 0 Å². The van der Waals surface area contributed by atoms with Gasteiger partial charge in [-0.25, -0.2) is 0 Å². The number of hydrogen-bond acceptors (Lipinski definition) is 4. The van der Waals surface area contributed by atoms with Gasteiger partial charge in [-0.05, 0) is 29.7 Å². The Morgan fingerprint density at radius 3 is 2.77 bits per heavy atom. The lowest BCUT2D eigenvalue weighted by Crippen LogP contribution is -2.38. The maximum atomic E-state index is 10.1. The fraction of sp³-hybridized carbons (Fsp3) is 0.389. The number of ether oxygens (including phenoxy) is 1. The van der Waals surface area contributed by atoms with Gasteiger partial charge in [0, 0.05) is 25.8 Å². The Balaban J connectivity index is 1.42. The van der Waals surface area contributed by atoms with E-state index in [-0.39, 0.29) is 0 Å². The van der Waals surface area contributed by atoms with Gasteiger partial charge < -0.3 is 9.84 Å². The number of aliphatic hydroxyl groups excluding tert-OH is 1. The molecule has 0 amide bonds. The molecule has 0 bridgehead atoms. The maximum absolute atomic E-state index is 10.1. The summed E-state index contributed by atoms with van der Waals surface area (Å²) in [6.07, 6.45) is 2.34. The molecular weight excluding hydrogens is 276 g/mol. The Hall–Kier alpha value is -1.75. The zero-order chi connectivity index (χ0) is 15.2. The predicted molar refractivity (Wildman–Crippen MR) is 85.3 cm³/mol. The van der Waals surface area contributed by atoms with Crippen molar-refractivity contribution in [1.82, 2.24) is 9.88 Å². The molecule has 1 aliphatic rings. The first-order valence-electron chi connectivity index (χ1n) is 7.76. The number of nitrogens with zero attached hydrogens (tertiary/aromatic N) is 2. The van der Waals surface area contributed by atoms with Crippen molar-refractivity contribution in [2.45, 2.75) is 25.7 Å². The Labute approximate surface area is 131 Å². The zero-order valence-electron chi connectivity index (χ0n) is 12.7. The molecule has 116 valence electrons. The number of fused-ring (bicyclic) bond motifs is 1. The molecule has 1 aromatic carbocycles. The highest BCUT2D eigenvalue weighted by atomic mass is 16.5. The predicted octanol–water partition coefficient (Wildman–Crippen LogP) is 2.02. The van der Waals surface area contributed by atoms with E-state index in [2.05, 4.69) is 34.1 Å². The van der Waals surface area contributed by atoms with E-state index in [0.29, 0.717) is 19.8 Å². The van der Waals surface area contributed by atoms with Crippen LogP contribution in [0.5, 0.6) is 0 Å². The zero-order valence-corrected chi connectivity index (χ0v) is 12.7. The fourth-order valence-electron chi connectivity index (χ4n) is 2.84. The topological polar surface area (TPSA) is 45.6 Å². The van der Waals surface area contributed by atoms with Crippen LogP contribution >= 0.6 is 0 Å². The van der Waals surface area contributed by atoms with E-state index in [1.54, 1.807) is 6.20 Å². The van der Waals surface area contributed by atoms with Gasteiger partial charge in [0.15, 0.2) is 0 Å². The van der Waals surface area contributed by atoms with Crippen molar-refractivity contribution in [1.29, 1.82) is 0 Å². The van der Waals surface area contributed by atoms with Crippen LogP contribution in [0.4, 0.5) is 0 Å². The van der Waals surface area contributed by atoms with Crippen LogP contribution in [0.2, 0.25) is 0 Å². The average Bonchev–Trinajstić information content (AvgIpc) is 2.56. The van der Waals surface area contributed by atoms with E-state index in [9.17, 15) is 5.11 Å². The number of hydrogen-bond donors (Lipinski definition) is 1. The Morgan fingerprint density at radius 2 is 1.95 bits per heavy atom. The van der Waals surface area contributed by atoms with Gasteiger partial charge in [0.2, 0.25) is 0 Å². The number of rotatable bonds is 6. The van der Waals surface area contributed by atoms with Gasteiger partial charge in [-0.1, -0.05) is 30.3 Å². The largest absolute Gasteiger partial charge is 0.389 e. The molecule has 4 heteroatoms. The summed E-state index contributed by atoms with van der Waals surface area (Å²) in [4.78, 5) is 6.49. The van der Waals surface area contributed by atoms with Crippen LogP contribution in [0.1, 0.15) is 16.8 Å². The summed E-state index contributed by atoms with van der Waals surface area (Å²) in [5.74, 6) is 0. The fourth-order valence-corrected chi connectivity index (χ4v) is 2.84. The van der Waals surface area contributed by atoms with Gasteiger partial charge in [0.1, 0.15) is 0 Å². The summed E-state index contributed by atoms with van der Waals surface area (Å²) in [5, 5.41) is 10.1. The van der Waals surface area contributed by atoms with Crippen molar-refractivity contribution in [3.05, 3.63) is 65.5 Å². The molecule has 22 heavy (non-hydrogen) atoms. The first-order chi connectivity index (χ1) is 10.8. The molecule has 1 aromatic heterocycles. The van der Waals surface area contributed by atoms with E-state index in [4.69, 9.17) is 4.74 Å². The molecule has 3 rings (SSSR count). The molecule has 1 atom stereocenters. The second kappa shape index (κ2) is 7.49. The molecule has 2 aromatic rings. The Kier molecular flexibility index (Phi) is 5.16. The van der Waals surface area contributed by atoms with E-state index in [1.807, 2.05) is 18.2 Å². The molecule has 0 aliphatic carbocycles. The maximum Gasteiger partial charge on any atom is 0.0900 e. The number of aromatic nitrogens is 1. The van der Waals surface area contributed by atoms with Crippen LogP contribution in [0.3, 0.4) is 0 Å². The number of β-amino-alcohol motifs (C(OH)–C–C–N with tert-alkyl or cyclic N) is 1. The summed E-state index contributed by atoms with van der Waals surface area (Å²) in [5.41, 5.74) is 3.69. The molecule has 0 radical (unpaired) electrons. The standard InChI is InChI=1S/C18H22N2O2/c21-18(14-22-13-17-7-3-4-9-19-17)12-20-10-8-15-5-1-2-6-16(15)11-20/h1-7,9,18,21H,8,10-14H2. The number of aliphatic hydroxyl groups is 1. The molecule has 1 unspecified atom stereocenters. The van der Waals surface area contributed by atoms with Crippen LogP contribution in [0.25, 0.3) is 0 Å². The molecule has 0 spiro atoms. The average molecular weight is 298 g/mol. The summed E-state index contributed by atoms with van der Waals surface area (Å²) >= 11 is 0. The van der Waals surface area contributed by atoms with Crippen LogP contribution in [0.15, 0.2) is 48.7 Å². The molecular formula is C18H22N2O2. The molecule has 0 fully saturated rings. The van der Waals surface area contributed by atoms with E-state index in [1.165, 1.54) is 11.1 Å². The second-order valence-corrected chi connectivity index (χ2v) is 5.74. The monoisotopic (exact) mass is 298 g/mol. The summed E-state index contributed by atoms with van der Waals surface area (Å²) in [7, 11) is 0. The molecule has 0 saturated carbocycles. The number of pyridine rings is 1. The van der Waals surface area contributed by atoms with Crippen LogP contribution in [-0.2, 0) is 24.3 Å². The van der Waals surface area contributed by atoms with Crippen molar-refractivity contribution in [2.75, 3.05) is 19.7 Å². The van der Waals surface area contributed by atoms with Crippen molar-refractivity contribution in [3.63, 3.8) is 0 Å². The van der Waals surface area contributed by atoms with Crippen LogP contribution in [0, 0.1) is 0 Å². The van der Waals surface area contributed by atoms with Gasteiger partial charge in [-0.3, -0.25) is 9.88 Å². The van der Waals surface area contributed by atoms with E-state index in [0.717, 1.165) is 25.2 Å². The van der Waals surface area contributed by atoms with Gasteiger partial charge >= 0.3 is 0 Å². The summed E-state index contributed by atoms with van der Waals surface area (Å²) in [6, 6.07) is 14.3. The third kappa shape index (κ3) is 4.13. The lowest BCUT2D eigenvalue weighted by Gasteiger charge is -2.30. The van der Waals surface area contributed by atoms with Crippen LogP contribution < -0.4 is 0 Å². The SMILES string of the molecule is OC(COCc1ccccn1)CN1CCc2ccccc2C1. The quantitative estimate of drug-likeness (QED) is 0.886. The molecule has 1 aliphatic heterocycles. The van der Waals surface area contributed by atoms with Crippen LogP contribution in [-0.4, -0.2) is 40.8 Å². The Bertz CT molecular complexity index is 589. The number of benzene rings is 1. The first-order valence-corrected chi connectivity index (χ1v) is 7.76. The van der Waals surface area contributed by atoms with E-state index >= 15 is 0 Å². The minimum atomic E-state index is -0.464. The highest BCUT2D eigenvalue weighted by Gasteiger charge is 2.18. The highest BCUT2D eigenvalue weighted by Crippen LogP contribution is 2.18. The third-order valence-electron chi connectivity index (χ3n) is 3.96. The lowest BCUT2D eigenvalue weighted by atomic mass is 10.00. The molecule has 1 N–H and O–H groups in total. The van der Waals surface area contributed by atoms with Gasteiger partial charge in [-0.15, -0.1) is 0 Å². The molecule has 0 saturated heterocycles. The lowest BCUT2D eigenvalue weighted by molar-refractivity contribution is 0.00684. The molecule has 2 heterocycles. The van der Waals surface area contributed by atoms with Crippen molar-refractivity contribution >= 4 is 0 Å². The van der Waals surface area contributed by atoms with E-state index < -0.39 is 6.10 Å². The second-order valence-electron chi connectivity index (χ2n) is 5.74. The summed E-state index contributed by atoms with van der Waals surface area (Å²) in [6.45, 7) is 3.34. The van der Waals surface area contributed by atoms with Gasteiger partial charge in [-0.2, -0.15) is 0 Å². The minimum absolute atomic E-state index is 0.342. The smallest absolute Gasteiger partial charge is 0.0900 e. The minimum Gasteiger partial charge on any atom is -0.389 e. The normalized spacial score (nSPS) is 16.2. The third-order valence-corrected chi connectivity index (χ3v) is 3.96. The van der Waals surface area contributed by atoms with Crippen molar-refractivity contribution < 1.29 is 9.84 Å².